The molecular formula is C15H25NO. The highest BCUT2D eigenvalue weighted by Gasteiger charge is 2.08. The van der Waals surface area contributed by atoms with Crippen LogP contribution < -0.4 is 10.1 Å². The van der Waals surface area contributed by atoms with Crippen molar-refractivity contribution in [2.45, 2.75) is 39.7 Å². The Morgan fingerprint density at radius 2 is 1.88 bits per heavy atom. The predicted octanol–water partition coefficient (Wildman–Crippen LogP) is 3.48. The average Bonchev–Trinajstić information content (AvgIpc) is 2.38. The first-order chi connectivity index (χ1) is 8.24. The zero-order valence-electron chi connectivity index (χ0n) is 11.3. The first kappa shape index (κ1) is 14.0. The van der Waals surface area contributed by atoms with Crippen molar-refractivity contribution in [3.05, 3.63) is 30.3 Å². The van der Waals surface area contributed by atoms with E-state index in [9.17, 15) is 0 Å². The summed E-state index contributed by atoms with van der Waals surface area (Å²) >= 11 is 0. The largest absolute Gasteiger partial charge is 0.494 e. The third kappa shape index (κ3) is 5.73. The molecule has 0 aliphatic rings. The average molecular weight is 235 g/mol. The summed E-state index contributed by atoms with van der Waals surface area (Å²) in [6.45, 7) is 8.59. The second kappa shape index (κ2) is 8.13. The maximum Gasteiger partial charge on any atom is 0.119 e. The minimum Gasteiger partial charge on any atom is -0.494 e. The molecule has 1 rings (SSSR count). The van der Waals surface area contributed by atoms with Gasteiger partial charge in [-0.2, -0.15) is 0 Å². The van der Waals surface area contributed by atoms with Crippen LogP contribution in [0.2, 0.25) is 0 Å². The molecule has 0 saturated carbocycles. The number of para-hydroxylation sites is 1. The SMILES string of the molecule is CCC(C)C(C)NCCCOc1ccccc1. The lowest BCUT2D eigenvalue weighted by atomic mass is 10.0. The fraction of sp³-hybridized carbons (Fsp3) is 0.600. The summed E-state index contributed by atoms with van der Waals surface area (Å²) in [5.74, 6) is 1.70. The van der Waals surface area contributed by atoms with Crippen LogP contribution in [0.4, 0.5) is 0 Å². The lowest BCUT2D eigenvalue weighted by Gasteiger charge is -2.19. The number of hydrogen-bond donors (Lipinski definition) is 1. The highest BCUT2D eigenvalue weighted by molar-refractivity contribution is 5.20. The van der Waals surface area contributed by atoms with Crippen LogP contribution in [-0.4, -0.2) is 19.2 Å². The number of rotatable bonds is 8. The summed E-state index contributed by atoms with van der Waals surface area (Å²) in [6, 6.07) is 10.6. The molecule has 0 heterocycles. The second-order valence-electron chi connectivity index (χ2n) is 4.64. The van der Waals surface area contributed by atoms with E-state index in [0.29, 0.717) is 6.04 Å². The summed E-state index contributed by atoms with van der Waals surface area (Å²) in [7, 11) is 0. The summed E-state index contributed by atoms with van der Waals surface area (Å²) in [5.41, 5.74) is 0. The number of benzene rings is 1. The molecule has 0 amide bonds. The maximum absolute atomic E-state index is 5.63. The fourth-order valence-electron chi connectivity index (χ4n) is 1.66. The Morgan fingerprint density at radius 1 is 1.18 bits per heavy atom. The molecule has 2 unspecified atom stereocenters. The van der Waals surface area contributed by atoms with E-state index in [-0.39, 0.29) is 0 Å². The van der Waals surface area contributed by atoms with Crippen molar-refractivity contribution in [3.8, 4) is 5.75 Å². The molecule has 0 saturated heterocycles. The molecule has 96 valence electrons. The molecule has 2 atom stereocenters. The summed E-state index contributed by atoms with van der Waals surface area (Å²) in [6.07, 6.45) is 2.28. The lowest BCUT2D eigenvalue weighted by molar-refractivity contribution is 0.298. The van der Waals surface area contributed by atoms with Crippen LogP contribution in [0, 0.1) is 5.92 Å². The summed E-state index contributed by atoms with van der Waals surface area (Å²) in [5, 5.41) is 3.54. The van der Waals surface area contributed by atoms with E-state index in [0.717, 1.165) is 31.2 Å². The highest BCUT2D eigenvalue weighted by Crippen LogP contribution is 2.09. The molecular weight excluding hydrogens is 210 g/mol. The van der Waals surface area contributed by atoms with Crippen molar-refractivity contribution in [2.75, 3.05) is 13.2 Å². The summed E-state index contributed by atoms with van der Waals surface area (Å²) < 4.78 is 5.63. The Labute approximate surface area is 105 Å². The predicted molar refractivity (Wildman–Crippen MR) is 73.5 cm³/mol. The molecule has 0 aliphatic carbocycles. The minimum absolute atomic E-state index is 0.594. The maximum atomic E-state index is 5.63. The molecule has 0 bridgehead atoms. The van der Waals surface area contributed by atoms with Gasteiger partial charge in [-0.1, -0.05) is 38.5 Å². The van der Waals surface area contributed by atoms with Crippen molar-refractivity contribution in [2.24, 2.45) is 5.92 Å². The van der Waals surface area contributed by atoms with Gasteiger partial charge in [0.2, 0.25) is 0 Å². The molecule has 0 radical (unpaired) electrons. The summed E-state index contributed by atoms with van der Waals surface area (Å²) in [4.78, 5) is 0. The molecule has 0 fully saturated rings. The van der Waals surface area contributed by atoms with E-state index in [1.54, 1.807) is 0 Å². The third-order valence-corrected chi connectivity index (χ3v) is 3.30. The van der Waals surface area contributed by atoms with Crippen molar-refractivity contribution in [3.63, 3.8) is 0 Å². The van der Waals surface area contributed by atoms with Crippen LogP contribution in [0.1, 0.15) is 33.6 Å². The molecule has 0 spiro atoms. The Hall–Kier alpha value is -1.02. The molecule has 0 aromatic heterocycles. The van der Waals surface area contributed by atoms with Gasteiger partial charge >= 0.3 is 0 Å². The lowest BCUT2D eigenvalue weighted by Crippen LogP contribution is -2.33. The van der Waals surface area contributed by atoms with E-state index in [2.05, 4.69) is 26.1 Å². The van der Waals surface area contributed by atoms with Crippen molar-refractivity contribution in [1.29, 1.82) is 0 Å². The Bertz CT molecular complexity index is 286. The van der Waals surface area contributed by atoms with Crippen molar-refractivity contribution < 1.29 is 4.74 Å². The van der Waals surface area contributed by atoms with Crippen LogP contribution in [0.15, 0.2) is 30.3 Å². The first-order valence-corrected chi connectivity index (χ1v) is 6.65. The van der Waals surface area contributed by atoms with Gasteiger partial charge in [-0.05, 0) is 37.9 Å². The molecule has 0 aliphatic heterocycles. The minimum atomic E-state index is 0.594. The molecule has 2 heteroatoms. The first-order valence-electron chi connectivity index (χ1n) is 6.65. The van der Waals surface area contributed by atoms with E-state index in [4.69, 9.17) is 4.74 Å². The van der Waals surface area contributed by atoms with E-state index in [1.165, 1.54) is 6.42 Å². The molecule has 2 nitrogen and oxygen atoms in total. The fourth-order valence-corrected chi connectivity index (χ4v) is 1.66. The second-order valence-corrected chi connectivity index (χ2v) is 4.64. The number of ether oxygens (including phenoxy) is 1. The number of nitrogens with one attached hydrogen (secondary N) is 1. The van der Waals surface area contributed by atoms with Gasteiger partial charge in [0.05, 0.1) is 6.61 Å². The standard InChI is InChI=1S/C15H25NO/c1-4-13(2)14(3)16-11-8-12-17-15-9-6-5-7-10-15/h5-7,9-10,13-14,16H,4,8,11-12H2,1-3H3. The quantitative estimate of drug-likeness (QED) is 0.697. The smallest absolute Gasteiger partial charge is 0.119 e. The van der Waals surface area contributed by atoms with Crippen LogP contribution >= 0.6 is 0 Å². The van der Waals surface area contributed by atoms with Gasteiger partial charge < -0.3 is 10.1 Å². The van der Waals surface area contributed by atoms with E-state index < -0.39 is 0 Å². The zero-order chi connectivity index (χ0) is 12.5. The van der Waals surface area contributed by atoms with Crippen molar-refractivity contribution >= 4 is 0 Å². The topological polar surface area (TPSA) is 21.3 Å². The Morgan fingerprint density at radius 3 is 2.53 bits per heavy atom. The molecule has 17 heavy (non-hydrogen) atoms. The Balaban J connectivity index is 2.05. The highest BCUT2D eigenvalue weighted by atomic mass is 16.5. The van der Waals surface area contributed by atoms with Crippen LogP contribution in [-0.2, 0) is 0 Å². The van der Waals surface area contributed by atoms with Gasteiger partial charge in [-0.3, -0.25) is 0 Å². The molecule has 1 aromatic carbocycles. The van der Waals surface area contributed by atoms with Gasteiger partial charge in [0.1, 0.15) is 5.75 Å². The van der Waals surface area contributed by atoms with E-state index in [1.807, 2.05) is 30.3 Å². The molecule has 1 N–H and O–H groups in total. The normalized spacial score (nSPS) is 14.3. The zero-order valence-corrected chi connectivity index (χ0v) is 11.3. The van der Waals surface area contributed by atoms with E-state index >= 15 is 0 Å². The van der Waals surface area contributed by atoms with Gasteiger partial charge in [-0.15, -0.1) is 0 Å². The Kier molecular flexibility index (Phi) is 6.71. The van der Waals surface area contributed by atoms with Gasteiger partial charge in [0.25, 0.3) is 0 Å². The van der Waals surface area contributed by atoms with Crippen molar-refractivity contribution in [1.82, 2.24) is 5.32 Å². The van der Waals surface area contributed by atoms with Gasteiger partial charge in [-0.25, -0.2) is 0 Å². The van der Waals surface area contributed by atoms with Crippen LogP contribution in [0.3, 0.4) is 0 Å². The monoisotopic (exact) mass is 235 g/mol. The van der Waals surface area contributed by atoms with Gasteiger partial charge in [0, 0.05) is 6.04 Å². The third-order valence-electron chi connectivity index (χ3n) is 3.30. The van der Waals surface area contributed by atoms with Crippen LogP contribution in [0.5, 0.6) is 5.75 Å². The van der Waals surface area contributed by atoms with Gasteiger partial charge in [0.15, 0.2) is 0 Å². The van der Waals surface area contributed by atoms with Crippen LogP contribution in [0.25, 0.3) is 0 Å². The number of hydrogen-bond acceptors (Lipinski definition) is 2. The molecule has 1 aromatic rings.